The first-order valence-electron chi connectivity index (χ1n) is 6.94. The number of hydrogen-bond acceptors (Lipinski definition) is 2. The van der Waals surface area contributed by atoms with Gasteiger partial charge in [0, 0.05) is 31.3 Å². The summed E-state index contributed by atoms with van der Waals surface area (Å²) in [5.41, 5.74) is 4.19. The van der Waals surface area contributed by atoms with Gasteiger partial charge in [-0.25, -0.2) is 0 Å². The second-order valence-electron chi connectivity index (χ2n) is 5.25. The summed E-state index contributed by atoms with van der Waals surface area (Å²) in [5, 5.41) is 0. The summed E-state index contributed by atoms with van der Waals surface area (Å²) < 4.78 is 0. The number of anilines is 1. The van der Waals surface area contributed by atoms with Gasteiger partial charge in [-0.3, -0.25) is 4.79 Å². The molecule has 0 amide bonds. The van der Waals surface area contributed by atoms with Crippen LogP contribution in [0.15, 0.2) is 48.5 Å². The molecule has 0 N–H and O–H groups in total. The van der Waals surface area contributed by atoms with Crippen LogP contribution in [0, 0.1) is 13.8 Å². The van der Waals surface area contributed by atoms with Crippen LogP contribution < -0.4 is 4.90 Å². The number of para-hydroxylation sites is 1. The van der Waals surface area contributed by atoms with E-state index in [2.05, 4.69) is 17.0 Å². The lowest BCUT2D eigenvalue weighted by Crippen LogP contribution is -2.21. The van der Waals surface area contributed by atoms with Crippen LogP contribution in [0.1, 0.15) is 27.9 Å². The van der Waals surface area contributed by atoms with Crippen molar-refractivity contribution in [3.63, 3.8) is 0 Å². The summed E-state index contributed by atoms with van der Waals surface area (Å²) in [4.78, 5) is 14.4. The third-order valence-corrected chi connectivity index (χ3v) is 3.56. The molecule has 2 heteroatoms. The van der Waals surface area contributed by atoms with E-state index in [9.17, 15) is 4.79 Å². The van der Waals surface area contributed by atoms with E-state index in [4.69, 9.17) is 0 Å². The number of hydrogen-bond donors (Lipinski definition) is 0. The SMILES string of the molecule is Cc1ccc(C)c(C(=O)CCN(C)c2ccccc2)c1. The molecule has 2 nitrogen and oxygen atoms in total. The van der Waals surface area contributed by atoms with Gasteiger partial charge in [0.15, 0.2) is 5.78 Å². The number of carbonyl (C=O) groups excluding carboxylic acids is 1. The van der Waals surface area contributed by atoms with Gasteiger partial charge in [0.25, 0.3) is 0 Å². The summed E-state index contributed by atoms with van der Waals surface area (Å²) in [7, 11) is 2.02. The van der Waals surface area contributed by atoms with Crippen molar-refractivity contribution in [3.05, 3.63) is 65.2 Å². The van der Waals surface area contributed by atoms with E-state index in [1.54, 1.807) is 0 Å². The standard InChI is InChI=1S/C18H21NO/c1-14-9-10-15(2)17(13-14)18(20)11-12-19(3)16-7-5-4-6-8-16/h4-10,13H,11-12H2,1-3H3. The minimum absolute atomic E-state index is 0.217. The average Bonchev–Trinajstić information content (AvgIpc) is 2.47. The Bertz CT molecular complexity index is 590. The van der Waals surface area contributed by atoms with Gasteiger partial charge >= 0.3 is 0 Å². The molecule has 0 aliphatic carbocycles. The van der Waals surface area contributed by atoms with Crippen molar-refractivity contribution in [1.29, 1.82) is 0 Å². The zero-order chi connectivity index (χ0) is 14.5. The number of nitrogens with zero attached hydrogens (tertiary/aromatic N) is 1. The fourth-order valence-corrected chi connectivity index (χ4v) is 2.25. The maximum absolute atomic E-state index is 12.3. The van der Waals surface area contributed by atoms with E-state index in [1.165, 1.54) is 0 Å². The van der Waals surface area contributed by atoms with E-state index < -0.39 is 0 Å². The third kappa shape index (κ3) is 3.47. The summed E-state index contributed by atoms with van der Waals surface area (Å²) >= 11 is 0. The molecule has 0 saturated heterocycles. The van der Waals surface area contributed by atoms with E-state index in [0.717, 1.165) is 28.9 Å². The van der Waals surface area contributed by atoms with Crippen LogP contribution in [-0.4, -0.2) is 19.4 Å². The zero-order valence-electron chi connectivity index (χ0n) is 12.4. The Hall–Kier alpha value is -2.09. The first-order valence-corrected chi connectivity index (χ1v) is 6.94. The largest absolute Gasteiger partial charge is 0.374 e. The van der Waals surface area contributed by atoms with Gasteiger partial charge in [0.2, 0.25) is 0 Å². The third-order valence-electron chi connectivity index (χ3n) is 3.56. The van der Waals surface area contributed by atoms with E-state index in [-0.39, 0.29) is 5.78 Å². The Morgan fingerprint density at radius 3 is 2.45 bits per heavy atom. The topological polar surface area (TPSA) is 20.3 Å². The van der Waals surface area contributed by atoms with Crippen molar-refractivity contribution >= 4 is 11.5 Å². The lowest BCUT2D eigenvalue weighted by Gasteiger charge is -2.19. The zero-order valence-corrected chi connectivity index (χ0v) is 12.4. The summed E-state index contributed by atoms with van der Waals surface area (Å²) in [5.74, 6) is 0.217. The molecule has 0 bridgehead atoms. The molecule has 0 atom stereocenters. The number of ketones is 1. The predicted octanol–water partition coefficient (Wildman–Crippen LogP) is 4.01. The monoisotopic (exact) mass is 267 g/mol. The van der Waals surface area contributed by atoms with Crippen LogP contribution >= 0.6 is 0 Å². The van der Waals surface area contributed by atoms with Crippen LogP contribution in [-0.2, 0) is 0 Å². The molecule has 104 valence electrons. The lowest BCUT2D eigenvalue weighted by atomic mass is 10.00. The Morgan fingerprint density at radius 1 is 1.05 bits per heavy atom. The molecular weight excluding hydrogens is 246 g/mol. The summed E-state index contributed by atoms with van der Waals surface area (Å²) in [6.45, 7) is 4.75. The maximum atomic E-state index is 12.3. The highest BCUT2D eigenvalue weighted by Crippen LogP contribution is 2.15. The highest BCUT2D eigenvalue weighted by Gasteiger charge is 2.10. The molecule has 0 fully saturated rings. The second kappa shape index (κ2) is 6.38. The number of aryl methyl sites for hydroxylation is 2. The smallest absolute Gasteiger partial charge is 0.164 e. The first kappa shape index (κ1) is 14.3. The molecule has 0 spiro atoms. The average molecular weight is 267 g/mol. The highest BCUT2D eigenvalue weighted by atomic mass is 16.1. The molecule has 0 heterocycles. The van der Waals surface area contributed by atoms with Gasteiger partial charge in [-0.2, -0.15) is 0 Å². The summed E-state index contributed by atoms with van der Waals surface area (Å²) in [6, 6.07) is 16.2. The minimum atomic E-state index is 0.217. The van der Waals surface area contributed by atoms with Gasteiger partial charge in [0.1, 0.15) is 0 Å². The van der Waals surface area contributed by atoms with Crippen molar-refractivity contribution in [2.75, 3.05) is 18.5 Å². The summed E-state index contributed by atoms with van der Waals surface area (Å²) in [6.07, 6.45) is 0.537. The highest BCUT2D eigenvalue weighted by molar-refractivity contribution is 5.97. The van der Waals surface area contributed by atoms with Crippen LogP contribution in [0.3, 0.4) is 0 Å². The molecule has 0 radical (unpaired) electrons. The predicted molar refractivity (Wildman–Crippen MR) is 84.6 cm³/mol. The van der Waals surface area contributed by atoms with Crippen LogP contribution in [0.5, 0.6) is 0 Å². The molecule has 20 heavy (non-hydrogen) atoms. The Kier molecular flexibility index (Phi) is 4.57. The quantitative estimate of drug-likeness (QED) is 0.763. The number of carbonyl (C=O) groups is 1. The normalized spacial score (nSPS) is 10.3. The molecule has 2 aromatic rings. The Labute approximate surface area is 121 Å². The van der Waals surface area contributed by atoms with Gasteiger partial charge in [-0.15, -0.1) is 0 Å². The van der Waals surface area contributed by atoms with Crippen LogP contribution in [0.2, 0.25) is 0 Å². The van der Waals surface area contributed by atoms with Gasteiger partial charge in [-0.1, -0.05) is 35.9 Å². The van der Waals surface area contributed by atoms with Gasteiger partial charge in [-0.05, 0) is 37.6 Å². The Morgan fingerprint density at radius 2 is 1.75 bits per heavy atom. The van der Waals surface area contributed by atoms with Crippen molar-refractivity contribution < 1.29 is 4.79 Å². The molecule has 2 aromatic carbocycles. The lowest BCUT2D eigenvalue weighted by molar-refractivity contribution is 0.0984. The fourth-order valence-electron chi connectivity index (χ4n) is 2.25. The van der Waals surface area contributed by atoms with E-state index in [0.29, 0.717) is 6.42 Å². The van der Waals surface area contributed by atoms with Gasteiger partial charge < -0.3 is 4.90 Å². The number of benzene rings is 2. The van der Waals surface area contributed by atoms with Crippen molar-refractivity contribution in [2.45, 2.75) is 20.3 Å². The maximum Gasteiger partial charge on any atom is 0.164 e. The number of Topliss-reactive ketones (excluding diaryl/α,β-unsaturated/α-hetero) is 1. The molecule has 2 rings (SSSR count). The fraction of sp³-hybridized carbons (Fsp3) is 0.278. The molecule has 0 saturated carbocycles. The molecule has 0 aliphatic rings. The molecule has 0 unspecified atom stereocenters. The van der Waals surface area contributed by atoms with Crippen molar-refractivity contribution in [2.24, 2.45) is 0 Å². The van der Waals surface area contributed by atoms with Crippen molar-refractivity contribution in [3.8, 4) is 0 Å². The van der Waals surface area contributed by atoms with Crippen LogP contribution in [0.4, 0.5) is 5.69 Å². The molecule has 0 aromatic heterocycles. The Balaban J connectivity index is 2.00. The van der Waals surface area contributed by atoms with Crippen LogP contribution in [0.25, 0.3) is 0 Å². The molecular formula is C18H21NO. The number of rotatable bonds is 5. The minimum Gasteiger partial charge on any atom is -0.374 e. The second-order valence-corrected chi connectivity index (χ2v) is 5.25. The van der Waals surface area contributed by atoms with Crippen molar-refractivity contribution in [1.82, 2.24) is 0 Å². The van der Waals surface area contributed by atoms with E-state index in [1.807, 2.05) is 57.3 Å². The first-order chi connectivity index (χ1) is 9.58. The molecule has 0 aliphatic heterocycles. The van der Waals surface area contributed by atoms with Gasteiger partial charge in [0.05, 0.1) is 0 Å². The van der Waals surface area contributed by atoms with E-state index >= 15 is 0 Å².